The summed E-state index contributed by atoms with van der Waals surface area (Å²) in [6.07, 6.45) is 0. The SMILES string of the molecule is Cc1c(Br)cccc1N=C(N)c1ccccc1. The van der Waals surface area contributed by atoms with Gasteiger partial charge >= 0.3 is 0 Å². The highest BCUT2D eigenvalue weighted by atomic mass is 79.9. The topological polar surface area (TPSA) is 38.4 Å². The predicted octanol–water partition coefficient (Wildman–Crippen LogP) is 3.79. The molecule has 17 heavy (non-hydrogen) atoms. The molecular formula is C14H13BrN2. The molecule has 0 spiro atoms. The van der Waals surface area contributed by atoms with E-state index in [0.717, 1.165) is 21.3 Å². The van der Waals surface area contributed by atoms with Gasteiger partial charge in [-0.2, -0.15) is 0 Å². The van der Waals surface area contributed by atoms with Crippen LogP contribution in [0.1, 0.15) is 11.1 Å². The largest absolute Gasteiger partial charge is 0.383 e. The van der Waals surface area contributed by atoms with Gasteiger partial charge in [-0.3, -0.25) is 0 Å². The summed E-state index contributed by atoms with van der Waals surface area (Å²) in [5.41, 5.74) is 8.90. The van der Waals surface area contributed by atoms with Crippen molar-refractivity contribution in [2.75, 3.05) is 0 Å². The first kappa shape index (κ1) is 11.9. The monoisotopic (exact) mass is 288 g/mol. The molecule has 3 heteroatoms. The van der Waals surface area contributed by atoms with Gasteiger partial charge in [-0.05, 0) is 24.6 Å². The summed E-state index contributed by atoms with van der Waals surface area (Å²) in [5, 5.41) is 0. The van der Waals surface area contributed by atoms with Gasteiger partial charge in [0.25, 0.3) is 0 Å². The molecule has 0 aliphatic rings. The Hall–Kier alpha value is -1.61. The molecule has 0 bridgehead atoms. The third kappa shape index (κ3) is 2.74. The summed E-state index contributed by atoms with van der Waals surface area (Å²) in [4.78, 5) is 4.45. The van der Waals surface area contributed by atoms with Crippen molar-refractivity contribution in [1.29, 1.82) is 0 Å². The second-order valence-electron chi connectivity index (χ2n) is 3.75. The van der Waals surface area contributed by atoms with Crippen LogP contribution < -0.4 is 5.73 Å². The summed E-state index contributed by atoms with van der Waals surface area (Å²) < 4.78 is 1.04. The van der Waals surface area contributed by atoms with Gasteiger partial charge in [0.05, 0.1) is 5.69 Å². The molecule has 2 N–H and O–H groups in total. The number of halogens is 1. The highest BCUT2D eigenvalue weighted by Gasteiger charge is 2.02. The van der Waals surface area contributed by atoms with Crippen molar-refractivity contribution in [3.8, 4) is 0 Å². The van der Waals surface area contributed by atoms with Crippen molar-refractivity contribution in [1.82, 2.24) is 0 Å². The van der Waals surface area contributed by atoms with Gasteiger partial charge in [0.2, 0.25) is 0 Å². The molecule has 0 aromatic heterocycles. The molecule has 0 aliphatic carbocycles. The Morgan fingerprint density at radius 3 is 2.47 bits per heavy atom. The lowest BCUT2D eigenvalue weighted by atomic mass is 10.2. The average molecular weight is 289 g/mol. The summed E-state index contributed by atoms with van der Waals surface area (Å²) in [5.74, 6) is 0.534. The normalized spacial score (nSPS) is 11.5. The molecule has 0 fully saturated rings. The number of hydrogen-bond donors (Lipinski definition) is 1. The zero-order chi connectivity index (χ0) is 12.3. The molecule has 2 aromatic carbocycles. The van der Waals surface area contributed by atoms with E-state index in [1.165, 1.54) is 0 Å². The Morgan fingerprint density at radius 1 is 1.06 bits per heavy atom. The number of nitrogens with zero attached hydrogens (tertiary/aromatic N) is 1. The van der Waals surface area contributed by atoms with Crippen LogP contribution in [0.25, 0.3) is 0 Å². The maximum atomic E-state index is 5.98. The van der Waals surface area contributed by atoms with Crippen LogP contribution in [0.2, 0.25) is 0 Å². The Morgan fingerprint density at radius 2 is 1.76 bits per heavy atom. The zero-order valence-electron chi connectivity index (χ0n) is 9.52. The number of rotatable bonds is 2. The molecule has 0 saturated carbocycles. The molecule has 0 atom stereocenters. The van der Waals surface area contributed by atoms with Crippen LogP contribution in [0.4, 0.5) is 5.69 Å². The smallest absolute Gasteiger partial charge is 0.131 e. The lowest BCUT2D eigenvalue weighted by Crippen LogP contribution is -2.12. The number of hydrogen-bond acceptors (Lipinski definition) is 1. The van der Waals surface area contributed by atoms with E-state index in [9.17, 15) is 0 Å². The lowest BCUT2D eigenvalue weighted by Gasteiger charge is -2.04. The fraction of sp³-hybridized carbons (Fsp3) is 0.0714. The molecule has 0 aliphatic heterocycles. The Balaban J connectivity index is 2.40. The lowest BCUT2D eigenvalue weighted by molar-refractivity contribution is 1.35. The van der Waals surface area contributed by atoms with Crippen LogP contribution in [0.5, 0.6) is 0 Å². The zero-order valence-corrected chi connectivity index (χ0v) is 11.1. The van der Waals surface area contributed by atoms with Gasteiger partial charge in [-0.1, -0.05) is 52.3 Å². The van der Waals surface area contributed by atoms with Crippen LogP contribution in [0.15, 0.2) is 58.0 Å². The first-order valence-electron chi connectivity index (χ1n) is 5.33. The van der Waals surface area contributed by atoms with E-state index in [1.807, 2.05) is 55.5 Å². The summed E-state index contributed by atoms with van der Waals surface area (Å²) in [7, 11) is 0. The second-order valence-corrected chi connectivity index (χ2v) is 4.60. The average Bonchev–Trinajstić information content (AvgIpc) is 2.36. The van der Waals surface area contributed by atoms with Gasteiger partial charge < -0.3 is 5.73 Å². The fourth-order valence-corrected chi connectivity index (χ4v) is 1.88. The van der Waals surface area contributed by atoms with E-state index in [0.29, 0.717) is 5.84 Å². The van der Waals surface area contributed by atoms with Gasteiger partial charge in [0, 0.05) is 10.0 Å². The minimum atomic E-state index is 0.534. The highest BCUT2D eigenvalue weighted by molar-refractivity contribution is 9.10. The van der Waals surface area contributed by atoms with Gasteiger partial charge in [0.15, 0.2) is 0 Å². The number of nitrogens with two attached hydrogens (primary N) is 1. The van der Waals surface area contributed by atoms with Crippen molar-refractivity contribution in [3.05, 3.63) is 64.1 Å². The fourth-order valence-electron chi connectivity index (χ4n) is 1.52. The van der Waals surface area contributed by atoms with Gasteiger partial charge in [-0.15, -0.1) is 0 Å². The molecular weight excluding hydrogens is 276 g/mol. The van der Waals surface area contributed by atoms with Crippen LogP contribution in [0.3, 0.4) is 0 Å². The first-order valence-corrected chi connectivity index (χ1v) is 6.12. The van der Waals surface area contributed by atoms with Crippen LogP contribution >= 0.6 is 15.9 Å². The van der Waals surface area contributed by atoms with Crippen molar-refractivity contribution in [3.63, 3.8) is 0 Å². The molecule has 0 saturated heterocycles. The van der Waals surface area contributed by atoms with E-state index >= 15 is 0 Å². The minimum Gasteiger partial charge on any atom is -0.383 e. The van der Waals surface area contributed by atoms with Crippen LogP contribution in [0, 0.1) is 6.92 Å². The molecule has 2 aromatic rings. The summed E-state index contributed by atoms with van der Waals surface area (Å²) in [6, 6.07) is 15.7. The third-order valence-electron chi connectivity index (χ3n) is 2.55. The van der Waals surface area contributed by atoms with Gasteiger partial charge in [0.1, 0.15) is 5.84 Å². The number of amidine groups is 1. The molecule has 2 rings (SSSR count). The Labute approximate surface area is 109 Å². The quantitative estimate of drug-likeness (QED) is 0.663. The summed E-state index contributed by atoms with van der Waals surface area (Å²) in [6.45, 7) is 2.02. The first-order chi connectivity index (χ1) is 8.18. The second kappa shape index (κ2) is 5.15. The Bertz CT molecular complexity index is 547. The molecule has 86 valence electrons. The van der Waals surface area contributed by atoms with Crippen LogP contribution in [-0.4, -0.2) is 5.84 Å². The van der Waals surface area contributed by atoms with E-state index < -0.39 is 0 Å². The van der Waals surface area contributed by atoms with E-state index in [2.05, 4.69) is 20.9 Å². The minimum absolute atomic E-state index is 0.534. The molecule has 0 unspecified atom stereocenters. The molecule has 0 radical (unpaired) electrons. The third-order valence-corrected chi connectivity index (χ3v) is 3.41. The standard InChI is InChI=1S/C14H13BrN2/c1-10-12(15)8-5-9-13(10)17-14(16)11-6-3-2-4-7-11/h2-9H,1H3,(H2,16,17). The van der Waals surface area contributed by atoms with Crippen molar-refractivity contribution in [2.24, 2.45) is 10.7 Å². The number of benzene rings is 2. The predicted molar refractivity (Wildman–Crippen MR) is 75.7 cm³/mol. The van der Waals surface area contributed by atoms with Crippen molar-refractivity contribution >= 4 is 27.5 Å². The number of aliphatic imine (C=N–C) groups is 1. The Kier molecular flexibility index (Phi) is 3.59. The summed E-state index contributed by atoms with van der Waals surface area (Å²) >= 11 is 3.48. The van der Waals surface area contributed by atoms with Gasteiger partial charge in [-0.25, -0.2) is 4.99 Å². The van der Waals surface area contributed by atoms with Crippen molar-refractivity contribution < 1.29 is 0 Å². The van der Waals surface area contributed by atoms with Crippen molar-refractivity contribution in [2.45, 2.75) is 6.92 Å². The van der Waals surface area contributed by atoms with Crippen LogP contribution in [-0.2, 0) is 0 Å². The highest BCUT2D eigenvalue weighted by Crippen LogP contribution is 2.26. The maximum absolute atomic E-state index is 5.98. The molecule has 0 heterocycles. The molecule has 0 amide bonds. The van der Waals surface area contributed by atoms with E-state index in [1.54, 1.807) is 0 Å². The van der Waals surface area contributed by atoms with E-state index in [-0.39, 0.29) is 0 Å². The maximum Gasteiger partial charge on any atom is 0.131 e. The molecule has 2 nitrogen and oxygen atoms in total. The van der Waals surface area contributed by atoms with E-state index in [4.69, 9.17) is 5.73 Å².